The molecule has 0 saturated carbocycles. The lowest BCUT2D eigenvalue weighted by Crippen LogP contribution is -2.43. The van der Waals surface area contributed by atoms with Crippen LogP contribution in [-0.4, -0.2) is 37.5 Å². The minimum atomic E-state index is -4.02. The zero-order valence-corrected chi connectivity index (χ0v) is 17.6. The molecule has 0 aromatic heterocycles. The first-order chi connectivity index (χ1) is 14.9. The van der Waals surface area contributed by atoms with Crippen molar-refractivity contribution in [2.45, 2.75) is 17.4 Å². The van der Waals surface area contributed by atoms with Crippen LogP contribution in [0.25, 0.3) is 0 Å². The van der Waals surface area contributed by atoms with E-state index in [4.69, 9.17) is 9.47 Å². The zero-order valence-electron chi connectivity index (χ0n) is 16.8. The van der Waals surface area contributed by atoms with Crippen LogP contribution >= 0.6 is 0 Å². The molecule has 160 valence electrons. The Morgan fingerprint density at radius 2 is 1.52 bits per heavy atom. The lowest BCUT2D eigenvalue weighted by atomic mass is 9.94. The maximum atomic E-state index is 13.3. The van der Waals surface area contributed by atoms with E-state index in [0.29, 0.717) is 29.2 Å². The molecular weight excluding hydrogens is 418 g/mol. The van der Waals surface area contributed by atoms with Gasteiger partial charge in [-0.15, -0.1) is 0 Å². The lowest BCUT2D eigenvalue weighted by Gasteiger charge is -2.33. The summed E-state index contributed by atoms with van der Waals surface area (Å²) >= 11 is 0. The second-order valence-corrected chi connectivity index (χ2v) is 8.94. The van der Waals surface area contributed by atoms with Crippen molar-refractivity contribution < 1.29 is 27.8 Å². The molecule has 1 unspecified atom stereocenters. The largest absolute Gasteiger partial charge is 0.497 e. The molecule has 0 saturated heterocycles. The molecule has 0 aliphatic carbocycles. The minimum absolute atomic E-state index is 0.0141. The monoisotopic (exact) mass is 439 g/mol. The first kappa shape index (κ1) is 20.9. The maximum Gasteiger partial charge on any atom is 0.326 e. The number of carboxylic acids is 1. The van der Waals surface area contributed by atoms with Crippen molar-refractivity contribution in [3.63, 3.8) is 0 Å². The normalized spacial score (nSPS) is 16.4. The molecule has 0 bridgehead atoms. The van der Waals surface area contributed by atoms with Gasteiger partial charge in [-0.2, -0.15) is 4.31 Å². The Balaban J connectivity index is 1.59. The molecule has 1 N–H and O–H groups in total. The maximum absolute atomic E-state index is 13.3. The molecule has 7 nitrogen and oxygen atoms in total. The summed E-state index contributed by atoms with van der Waals surface area (Å²) < 4.78 is 38.4. The summed E-state index contributed by atoms with van der Waals surface area (Å²) in [6.45, 7) is 0.0976. The summed E-state index contributed by atoms with van der Waals surface area (Å²) in [7, 11) is -2.44. The standard InChI is InChI=1S/C23H21NO6S/c1-29-17-6-8-18(9-7-17)30-19-10-12-20(13-11-19)31(27,28)24-15-14-16-4-2-3-5-21(16)22(24)23(25)26/h2-13,22H,14-15H2,1H3,(H,25,26). The Bertz CT molecular complexity index is 1190. The number of rotatable bonds is 6. The average molecular weight is 439 g/mol. The number of nitrogens with zero attached hydrogens (tertiary/aromatic N) is 1. The fourth-order valence-corrected chi connectivity index (χ4v) is 5.22. The molecule has 8 heteroatoms. The predicted octanol–water partition coefficient (Wildman–Crippen LogP) is 3.86. The Hall–Kier alpha value is -3.36. The van der Waals surface area contributed by atoms with Crippen LogP contribution in [0.3, 0.4) is 0 Å². The molecule has 1 aliphatic heterocycles. The van der Waals surface area contributed by atoms with Gasteiger partial charge < -0.3 is 14.6 Å². The molecule has 1 aliphatic rings. The van der Waals surface area contributed by atoms with E-state index in [0.717, 1.165) is 9.87 Å². The Kier molecular flexibility index (Phi) is 5.67. The van der Waals surface area contributed by atoms with Gasteiger partial charge in [-0.25, -0.2) is 8.42 Å². The quantitative estimate of drug-likeness (QED) is 0.627. The summed E-state index contributed by atoms with van der Waals surface area (Å²) in [5, 5.41) is 9.78. The van der Waals surface area contributed by atoms with Crippen LogP contribution in [0.2, 0.25) is 0 Å². The first-order valence-corrected chi connectivity index (χ1v) is 11.1. The second-order valence-electron chi connectivity index (χ2n) is 7.05. The third-order valence-corrected chi connectivity index (χ3v) is 7.08. The number of carbonyl (C=O) groups is 1. The van der Waals surface area contributed by atoms with Gasteiger partial charge in [0, 0.05) is 6.54 Å². The van der Waals surface area contributed by atoms with Gasteiger partial charge in [0.2, 0.25) is 10.0 Å². The van der Waals surface area contributed by atoms with E-state index in [-0.39, 0.29) is 11.4 Å². The molecule has 4 rings (SSSR count). The Morgan fingerprint density at radius 1 is 0.935 bits per heavy atom. The van der Waals surface area contributed by atoms with Crippen LogP contribution in [0, 0.1) is 0 Å². The van der Waals surface area contributed by atoms with Crippen molar-refractivity contribution in [2.75, 3.05) is 13.7 Å². The van der Waals surface area contributed by atoms with Gasteiger partial charge in [0.05, 0.1) is 12.0 Å². The first-order valence-electron chi connectivity index (χ1n) is 9.64. The highest BCUT2D eigenvalue weighted by atomic mass is 32.2. The Labute approximate surface area is 180 Å². The molecule has 1 atom stereocenters. The molecule has 1 heterocycles. The lowest BCUT2D eigenvalue weighted by molar-refractivity contribution is -0.142. The summed E-state index contributed by atoms with van der Waals surface area (Å²) in [5.74, 6) is 0.540. The summed E-state index contributed by atoms with van der Waals surface area (Å²) in [6.07, 6.45) is 0.456. The van der Waals surface area contributed by atoms with Gasteiger partial charge >= 0.3 is 5.97 Å². The van der Waals surface area contributed by atoms with E-state index in [2.05, 4.69) is 0 Å². The van der Waals surface area contributed by atoms with Crippen LogP contribution in [0.1, 0.15) is 17.2 Å². The number of ether oxygens (including phenoxy) is 2. The van der Waals surface area contributed by atoms with E-state index in [1.807, 2.05) is 12.1 Å². The van der Waals surface area contributed by atoms with Crippen molar-refractivity contribution in [3.8, 4) is 17.2 Å². The van der Waals surface area contributed by atoms with Crippen molar-refractivity contribution in [3.05, 3.63) is 83.9 Å². The molecule has 0 radical (unpaired) electrons. The second kappa shape index (κ2) is 8.41. The molecule has 0 amide bonds. The van der Waals surface area contributed by atoms with Crippen molar-refractivity contribution in [1.29, 1.82) is 0 Å². The van der Waals surface area contributed by atoms with Gasteiger partial charge in [0.25, 0.3) is 0 Å². The van der Waals surface area contributed by atoms with E-state index >= 15 is 0 Å². The molecule has 0 fully saturated rings. The van der Waals surface area contributed by atoms with Gasteiger partial charge in [0.15, 0.2) is 0 Å². The topological polar surface area (TPSA) is 93.1 Å². The molecule has 3 aromatic rings. The van der Waals surface area contributed by atoms with E-state index < -0.39 is 22.0 Å². The number of benzene rings is 3. The number of carboxylic acid groups (broad SMARTS) is 1. The highest BCUT2D eigenvalue weighted by Gasteiger charge is 2.40. The average Bonchev–Trinajstić information content (AvgIpc) is 2.79. The van der Waals surface area contributed by atoms with E-state index in [1.165, 1.54) is 12.1 Å². The van der Waals surface area contributed by atoms with Gasteiger partial charge in [0.1, 0.15) is 23.3 Å². The highest BCUT2D eigenvalue weighted by molar-refractivity contribution is 7.89. The van der Waals surface area contributed by atoms with Gasteiger partial charge in [-0.1, -0.05) is 24.3 Å². The fourth-order valence-electron chi connectivity index (χ4n) is 3.65. The zero-order chi connectivity index (χ0) is 22.0. The molecule has 31 heavy (non-hydrogen) atoms. The number of fused-ring (bicyclic) bond motifs is 1. The van der Waals surface area contributed by atoms with Crippen LogP contribution < -0.4 is 9.47 Å². The van der Waals surface area contributed by atoms with E-state index in [9.17, 15) is 18.3 Å². The number of methoxy groups -OCH3 is 1. The van der Waals surface area contributed by atoms with Crippen LogP contribution in [0.4, 0.5) is 0 Å². The van der Waals surface area contributed by atoms with E-state index in [1.54, 1.807) is 55.6 Å². The predicted molar refractivity (Wildman–Crippen MR) is 114 cm³/mol. The third kappa shape index (κ3) is 4.12. The van der Waals surface area contributed by atoms with Gasteiger partial charge in [-0.3, -0.25) is 4.79 Å². The van der Waals surface area contributed by atoms with Crippen LogP contribution in [0.5, 0.6) is 17.2 Å². The molecule has 3 aromatic carbocycles. The number of aliphatic carboxylic acids is 1. The van der Waals surface area contributed by atoms with Crippen molar-refractivity contribution in [2.24, 2.45) is 0 Å². The Morgan fingerprint density at radius 3 is 2.13 bits per heavy atom. The molecule has 0 spiro atoms. The third-order valence-electron chi connectivity index (χ3n) is 5.20. The number of sulfonamides is 1. The summed E-state index contributed by atoms with van der Waals surface area (Å²) in [5.41, 5.74) is 1.36. The molecular formula is C23H21NO6S. The van der Waals surface area contributed by atoms with Crippen molar-refractivity contribution in [1.82, 2.24) is 4.31 Å². The summed E-state index contributed by atoms with van der Waals surface area (Å²) in [4.78, 5) is 12.0. The van der Waals surface area contributed by atoms with Crippen LogP contribution in [0.15, 0.2) is 77.7 Å². The SMILES string of the molecule is COc1ccc(Oc2ccc(S(=O)(=O)N3CCc4ccccc4C3C(=O)O)cc2)cc1. The minimum Gasteiger partial charge on any atom is -0.497 e. The number of hydrogen-bond acceptors (Lipinski definition) is 5. The van der Waals surface area contributed by atoms with Crippen molar-refractivity contribution >= 4 is 16.0 Å². The smallest absolute Gasteiger partial charge is 0.326 e. The fraction of sp³-hybridized carbons (Fsp3) is 0.174. The van der Waals surface area contributed by atoms with Gasteiger partial charge in [-0.05, 0) is 66.1 Å². The van der Waals surface area contributed by atoms with Crippen LogP contribution in [-0.2, 0) is 21.2 Å². The summed E-state index contributed by atoms with van der Waals surface area (Å²) in [6, 6.07) is 18.7. The number of hydrogen-bond donors (Lipinski definition) is 1. The highest BCUT2D eigenvalue weighted by Crippen LogP contribution is 2.35.